The summed E-state index contributed by atoms with van der Waals surface area (Å²) in [7, 11) is 0. The standard InChI is InChI=1S/C18H19NO/c1-5-16-7-9-18(14(4)13(16)3)20-17-8-6-15(11-19)10-12(17)2/h6-10H,5H2,1-4H3. The van der Waals surface area contributed by atoms with Crippen molar-refractivity contribution in [2.24, 2.45) is 0 Å². The lowest BCUT2D eigenvalue weighted by molar-refractivity contribution is 0.474. The van der Waals surface area contributed by atoms with Crippen molar-refractivity contribution in [1.82, 2.24) is 0 Å². The molecule has 2 heteroatoms. The van der Waals surface area contributed by atoms with Crippen LogP contribution in [-0.2, 0) is 6.42 Å². The fraction of sp³-hybridized carbons (Fsp3) is 0.278. The lowest BCUT2D eigenvalue weighted by Crippen LogP contribution is -1.96. The highest BCUT2D eigenvalue weighted by molar-refractivity contribution is 5.48. The molecule has 0 N–H and O–H groups in total. The van der Waals surface area contributed by atoms with Gasteiger partial charge in [0, 0.05) is 0 Å². The fourth-order valence-corrected chi connectivity index (χ4v) is 2.30. The molecule has 0 atom stereocenters. The van der Waals surface area contributed by atoms with E-state index in [1.807, 2.05) is 25.1 Å². The van der Waals surface area contributed by atoms with Gasteiger partial charge in [0.15, 0.2) is 0 Å². The second-order valence-electron chi connectivity index (χ2n) is 5.02. The molecular weight excluding hydrogens is 246 g/mol. The number of hydrogen-bond donors (Lipinski definition) is 0. The highest BCUT2D eigenvalue weighted by atomic mass is 16.5. The van der Waals surface area contributed by atoms with E-state index in [0.717, 1.165) is 23.5 Å². The highest BCUT2D eigenvalue weighted by Crippen LogP contribution is 2.31. The van der Waals surface area contributed by atoms with Crippen molar-refractivity contribution >= 4 is 0 Å². The van der Waals surface area contributed by atoms with Gasteiger partial charge in [-0.05, 0) is 73.7 Å². The molecule has 0 unspecified atom stereocenters. The third-order valence-electron chi connectivity index (χ3n) is 3.75. The number of aryl methyl sites for hydroxylation is 2. The molecule has 2 aromatic rings. The molecule has 0 bridgehead atoms. The number of rotatable bonds is 3. The molecule has 0 aliphatic heterocycles. The van der Waals surface area contributed by atoms with Gasteiger partial charge in [-0.3, -0.25) is 0 Å². The van der Waals surface area contributed by atoms with Crippen molar-refractivity contribution in [3.8, 4) is 17.6 Å². The number of nitrogens with zero attached hydrogens (tertiary/aromatic N) is 1. The Labute approximate surface area is 120 Å². The van der Waals surface area contributed by atoms with E-state index in [1.165, 1.54) is 16.7 Å². The zero-order valence-corrected chi connectivity index (χ0v) is 12.4. The van der Waals surface area contributed by atoms with Crippen molar-refractivity contribution < 1.29 is 4.74 Å². The highest BCUT2D eigenvalue weighted by Gasteiger charge is 2.09. The van der Waals surface area contributed by atoms with Crippen molar-refractivity contribution in [3.05, 3.63) is 58.1 Å². The quantitative estimate of drug-likeness (QED) is 0.795. The minimum Gasteiger partial charge on any atom is -0.457 e. The molecule has 0 amide bonds. The van der Waals surface area contributed by atoms with E-state index >= 15 is 0 Å². The first-order chi connectivity index (χ1) is 9.56. The van der Waals surface area contributed by atoms with Gasteiger partial charge in [-0.15, -0.1) is 0 Å². The van der Waals surface area contributed by atoms with Crippen LogP contribution >= 0.6 is 0 Å². The first kappa shape index (κ1) is 14.1. The summed E-state index contributed by atoms with van der Waals surface area (Å²) in [5.41, 5.74) is 5.44. The van der Waals surface area contributed by atoms with Crippen LogP contribution in [0.5, 0.6) is 11.5 Å². The predicted molar refractivity (Wildman–Crippen MR) is 81.3 cm³/mol. The summed E-state index contributed by atoms with van der Waals surface area (Å²) in [5.74, 6) is 1.68. The monoisotopic (exact) mass is 265 g/mol. The van der Waals surface area contributed by atoms with E-state index in [4.69, 9.17) is 10.00 Å². The predicted octanol–water partition coefficient (Wildman–Crippen LogP) is 4.84. The molecule has 2 rings (SSSR count). The van der Waals surface area contributed by atoms with Crippen LogP contribution in [0.25, 0.3) is 0 Å². The third kappa shape index (κ3) is 2.67. The van der Waals surface area contributed by atoms with Crippen LogP contribution in [0.3, 0.4) is 0 Å². The maximum atomic E-state index is 8.89. The molecule has 2 aromatic carbocycles. The average molecular weight is 265 g/mol. The Hall–Kier alpha value is -2.27. The van der Waals surface area contributed by atoms with E-state index in [1.54, 1.807) is 6.07 Å². The van der Waals surface area contributed by atoms with Gasteiger partial charge in [-0.1, -0.05) is 13.0 Å². The van der Waals surface area contributed by atoms with Gasteiger partial charge in [0.1, 0.15) is 11.5 Å². The van der Waals surface area contributed by atoms with E-state index in [2.05, 4.69) is 32.9 Å². The van der Waals surface area contributed by atoms with Crippen molar-refractivity contribution in [2.45, 2.75) is 34.1 Å². The number of nitriles is 1. The number of benzene rings is 2. The number of ether oxygens (including phenoxy) is 1. The lowest BCUT2D eigenvalue weighted by atomic mass is 10.0. The molecule has 0 fully saturated rings. The molecule has 0 aromatic heterocycles. The minimum atomic E-state index is 0.657. The average Bonchev–Trinajstić information content (AvgIpc) is 2.46. The molecule has 0 saturated carbocycles. The Morgan fingerprint density at radius 1 is 1.00 bits per heavy atom. The van der Waals surface area contributed by atoms with Crippen LogP contribution in [0.2, 0.25) is 0 Å². The maximum absolute atomic E-state index is 8.89. The molecule has 0 spiro atoms. The van der Waals surface area contributed by atoms with Crippen molar-refractivity contribution in [1.29, 1.82) is 5.26 Å². The van der Waals surface area contributed by atoms with Crippen molar-refractivity contribution in [3.63, 3.8) is 0 Å². The normalized spacial score (nSPS) is 10.2. The second kappa shape index (κ2) is 5.79. The summed E-state index contributed by atoms with van der Waals surface area (Å²) in [6.45, 7) is 8.33. The Kier molecular flexibility index (Phi) is 4.10. The molecule has 0 saturated heterocycles. The van der Waals surface area contributed by atoms with Crippen LogP contribution in [-0.4, -0.2) is 0 Å². The molecule has 0 heterocycles. The summed E-state index contributed by atoms with van der Waals surface area (Å²) in [5, 5.41) is 8.89. The van der Waals surface area contributed by atoms with E-state index in [0.29, 0.717) is 5.56 Å². The summed E-state index contributed by atoms with van der Waals surface area (Å²) in [6.07, 6.45) is 1.03. The lowest BCUT2D eigenvalue weighted by Gasteiger charge is -2.15. The second-order valence-corrected chi connectivity index (χ2v) is 5.02. The van der Waals surface area contributed by atoms with Gasteiger partial charge >= 0.3 is 0 Å². The minimum absolute atomic E-state index is 0.657. The summed E-state index contributed by atoms with van der Waals surface area (Å²) < 4.78 is 6.01. The summed E-state index contributed by atoms with van der Waals surface area (Å²) in [6, 6.07) is 11.8. The van der Waals surface area contributed by atoms with E-state index < -0.39 is 0 Å². The first-order valence-corrected chi connectivity index (χ1v) is 6.84. The molecule has 0 aliphatic carbocycles. The van der Waals surface area contributed by atoms with Gasteiger partial charge in [-0.2, -0.15) is 5.26 Å². The van der Waals surface area contributed by atoms with Crippen LogP contribution in [0.1, 0.15) is 34.7 Å². The Morgan fingerprint density at radius 3 is 2.30 bits per heavy atom. The zero-order chi connectivity index (χ0) is 14.7. The first-order valence-electron chi connectivity index (χ1n) is 6.84. The van der Waals surface area contributed by atoms with Gasteiger partial charge in [0.25, 0.3) is 0 Å². The van der Waals surface area contributed by atoms with Gasteiger partial charge in [0.2, 0.25) is 0 Å². The molecule has 2 nitrogen and oxygen atoms in total. The van der Waals surface area contributed by atoms with Gasteiger partial charge < -0.3 is 4.74 Å². The summed E-state index contributed by atoms with van der Waals surface area (Å²) in [4.78, 5) is 0. The maximum Gasteiger partial charge on any atom is 0.130 e. The third-order valence-corrected chi connectivity index (χ3v) is 3.75. The Balaban J connectivity index is 2.36. The summed E-state index contributed by atoms with van der Waals surface area (Å²) >= 11 is 0. The number of hydrogen-bond acceptors (Lipinski definition) is 2. The Morgan fingerprint density at radius 2 is 1.70 bits per heavy atom. The fourth-order valence-electron chi connectivity index (χ4n) is 2.30. The topological polar surface area (TPSA) is 33.0 Å². The molecule has 102 valence electrons. The molecule has 0 radical (unpaired) electrons. The van der Waals surface area contributed by atoms with Crippen LogP contribution in [0.4, 0.5) is 0 Å². The Bertz CT molecular complexity index is 681. The largest absolute Gasteiger partial charge is 0.457 e. The van der Waals surface area contributed by atoms with Crippen LogP contribution in [0.15, 0.2) is 30.3 Å². The van der Waals surface area contributed by atoms with Crippen LogP contribution in [0, 0.1) is 32.1 Å². The zero-order valence-electron chi connectivity index (χ0n) is 12.4. The van der Waals surface area contributed by atoms with Crippen LogP contribution < -0.4 is 4.74 Å². The SMILES string of the molecule is CCc1ccc(Oc2ccc(C#N)cc2C)c(C)c1C. The smallest absolute Gasteiger partial charge is 0.130 e. The van der Waals surface area contributed by atoms with Crippen molar-refractivity contribution in [2.75, 3.05) is 0 Å². The molecule has 0 aliphatic rings. The molecule has 20 heavy (non-hydrogen) atoms. The van der Waals surface area contributed by atoms with Gasteiger partial charge in [-0.25, -0.2) is 0 Å². The molecular formula is C18H19NO. The van der Waals surface area contributed by atoms with E-state index in [-0.39, 0.29) is 0 Å². The van der Waals surface area contributed by atoms with Gasteiger partial charge in [0.05, 0.1) is 11.6 Å². The van der Waals surface area contributed by atoms with E-state index in [9.17, 15) is 0 Å².